The maximum absolute atomic E-state index is 2.34. The fourth-order valence-electron chi connectivity index (χ4n) is 1.13. The molecular weight excluding hydrogens is 130 g/mol. The smallest absolute Gasteiger partial charge is 0.0180 e. The number of nitrogens with zero attached hydrogens (tertiary/aromatic N) is 1. The minimum atomic E-state index is 0.851. The first-order valence-corrected chi connectivity index (χ1v) is 4.70. The molecule has 0 aromatic rings. The normalized spacial score (nSPS) is 29.0. The van der Waals surface area contributed by atoms with Gasteiger partial charge in [-0.25, -0.2) is 0 Å². The van der Waals surface area contributed by atoms with Gasteiger partial charge in [0.25, 0.3) is 0 Å². The van der Waals surface area contributed by atoms with Crippen LogP contribution in [0.5, 0.6) is 0 Å². The van der Waals surface area contributed by atoms with Gasteiger partial charge in [-0.1, -0.05) is 0 Å². The van der Waals surface area contributed by atoms with Crippen molar-refractivity contribution in [2.45, 2.75) is 18.9 Å². The van der Waals surface area contributed by atoms with Crippen molar-refractivity contribution in [3.63, 3.8) is 0 Å². The molecular formula is C7H15NS. The lowest BCUT2D eigenvalue weighted by Crippen LogP contribution is -2.32. The molecule has 1 aliphatic heterocycles. The number of hydrogen-bond donors (Lipinski definition) is 0. The van der Waals surface area contributed by atoms with Crippen molar-refractivity contribution in [2.24, 2.45) is 0 Å². The molecule has 1 fully saturated rings. The molecule has 54 valence electrons. The molecule has 0 amide bonds. The van der Waals surface area contributed by atoms with E-state index in [4.69, 9.17) is 0 Å². The van der Waals surface area contributed by atoms with Crippen LogP contribution in [0.2, 0.25) is 0 Å². The third kappa shape index (κ3) is 2.18. The average molecular weight is 145 g/mol. The minimum absolute atomic E-state index is 0.851. The average Bonchev–Trinajstić information content (AvgIpc) is 1.90. The van der Waals surface area contributed by atoms with E-state index in [9.17, 15) is 0 Å². The molecule has 0 bridgehead atoms. The Morgan fingerprint density at radius 1 is 1.44 bits per heavy atom. The maximum atomic E-state index is 2.34. The quantitative estimate of drug-likeness (QED) is 0.549. The van der Waals surface area contributed by atoms with Gasteiger partial charge < -0.3 is 4.90 Å². The second-order valence-electron chi connectivity index (χ2n) is 2.83. The fourth-order valence-corrected chi connectivity index (χ4v) is 2.41. The van der Waals surface area contributed by atoms with Crippen LogP contribution in [0.15, 0.2) is 0 Å². The first-order chi connectivity index (χ1) is 4.30. The highest BCUT2D eigenvalue weighted by molar-refractivity contribution is 7.99. The van der Waals surface area contributed by atoms with Crippen LogP contribution in [0.25, 0.3) is 0 Å². The highest BCUT2D eigenvalue weighted by Crippen LogP contribution is 2.19. The number of thioether (sulfide) groups is 1. The third-order valence-corrected chi connectivity index (χ3v) is 3.06. The molecule has 1 heterocycles. The molecule has 0 aliphatic carbocycles. The SMILES string of the molecule is CN(C)C1CCCSC1. The van der Waals surface area contributed by atoms with Gasteiger partial charge in [0.1, 0.15) is 0 Å². The molecule has 1 saturated heterocycles. The van der Waals surface area contributed by atoms with E-state index in [0.717, 1.165) is 6.04 Å². The van der Waals surface area contributed by atoms with Gasteiger partial charge in [-0.3, -0.25) is 0 Å². The van der Waals surface area contributed by atoms with Gasteiger partial charge in [-0.15, -0.1) is 0 Å². The molecule has 1 unspecified atom stereocenters. The van der Waals surface area contributed by atoms with Crippen LogP contribution in [-0.4, -0.2) is 36.5 Å². The van der Waals surface area contributed by atoms with E-state index in [1.165, 1.54) is 24.3 Å². The summed E-state index contributed by atoms with van der Waals surface area (Å²) in [5.74, 6) is 2.72. The Morgan fingerprint density at radius 2 is 2.22 bits per heavy atom. The fraction of sp³-hybridized carbons (Fsp3) is 1.00. The van der Waals surface area contributed by atoms with Crippen molar-refractivity contribution >= 4 is 11.8 Å². The molecule has 0 spiro atoms. The van der Waals surface area contributed by atoms with E-state index < -0.39 is 0 Å². The van der Waals surface area contributed by atoms with Crippen LogP contribution in [0.1, 0.15) is 12.8 Å². The summed E-state index contributed by atoms with van der Waals surface area (Å²) < 4.78 is 0. The summed E-state index contributed by atoms with van der Waals surface area (Å²) in [6.45, 7) is 0. The van der Waals surface area contributed by atoms with Crippen LogP contribution in [-0.2, 0) is 0 Å². The largest absolute Gasteiger partial charge is 0.306 e. The van der Waals surface area contributed by atoms with Crippen molar-refractivity contribution in [3.8, 4) is 0 Å². The first-order valence-electron chi connectivity index (χ1n) is 3.55. The van der Waals surface area contributed by atoms with Gasteiger partial charge in [0.15, 0.2) is 0 Å². The van der Waals surface area contributed by atoms with Gasteiger partial charge in [-0.2, -0.15) is 11.8 Å². The molecule has 0 radical (unpaired) electrons. The summed E-state index contributed by atoms with van der Waals surface area (Å²) >= 11 is 2.09. The molecule has 1 nitrogen and oxygen atoms in total. The summed E-state index contributed by atoms with van der Waals surface area (Å²) in [6.07, 6.45) is 2.81. The number of hydrogen-bond acceptors (Lipinski definition) is 2. The molecule has 1 rings (SSSR count). The summed E-state index contributed by atoms with van der Waals surface area (Å²) in [6, 6.07) is 0.851. The van der Waals surface area contributed by atoms with Crippen molar-refractivity contribution in [2.75, 3.05) is 25.6 Å². The second-order valence-corrected chi connectivity index (χ2v) is 3.98. The van der Waals surface area contributed by atoms with Gasteiger partial charge in [0.2, 0.25) is 0 Å². The van der Waals surface area contributed by atoms with Gasteiger partial charge in [-0.05, 0) is 32.7 Å². The van der Waals surface area contributed by atoms with Crippen molar-refractivity contribution < 1.29 is 0 Å². The summed E-state index contributed by atoms with van der Waals surface area (Å²) in [5, 5.41) is 0. The predicted molar refractivity (Wildman–Crippen MR) is 44.0 cm³/mol. The Hall–Kier alpha value is 0.310. The molecule has 0 N–H and O–H groups in total. The van der Waals surface area contributed by atoms with E-state index in [2.05, 4.69) is 30.8 Å². The molecule has 1 atom stereocenters. The molecule has 0 aromatic carbocycles. The van der Waals surface area contributed by atoms with Crippen molar-refractivity contribution in [1.82, 2.24) is 4.90 Å². The first kappa shape index (κ1) is 7.42. The lowest BCUT2D eigenvalue weighted by molar-refractivity contribution is 0.298. The lowest BCUT2D eigenvalue weighted by atomic mass is 10.2. The monoisotopic (exact) mass is 145 g/mol. The van der Waals surface area contributed by atoms with E-state index in [-0.39, 0.29) is 0 Å². The Morgan fingerprint density at radius 3 is 2.56 bits per heavy atom. The van der Waals surface area contributed by atoms with E-state index in [1.807, 2.05) is 0 Å². The Bertz CT molecular complexity index is 77.0. The zero-order valence-corrected chi connectivity index (χ0v) is 7.08. The molecule has 1 aliphatic rings. The lowest BCUT2D eigenvalue weighted by Gasteiger charge is -2.27. The van der Waals surface area contributed by atoms with Crippen LogP contribution in [0.4, 0.5) is 0 Å². The maximum Gasteiger partial charge on any atom is 0.0180 e. The van der Waals surface area contributed by atoms with Crippen LogP contribution in [0.3, 0.4) is 0 Å². The standard InChI is InChI=1S/C7H15NS/c1-8(2)7-4-3-5-9-6-7/h7H,3-6H2,1-2H3. The third-order valence-electron chi connectivity index (χ3n) is 1.87. The van der Waals surface area contributed by atoms with Crippen molar-refractivity contribution in [1.29, 1.82) is 0 Å². The second kappa shape index (κ2) is 3.47. The van der Waals surface area contributed by atoms with E-state index in [0.29, 0.717) is 0 Å². The van der Waals surface area contributed by atoms with Crippen LogP contribution < -0.4 is 0 Å². The molecule has 0 aromatic heterocycles. The summed E-state index contributed by atoms with van der Waals surface area (Å²) in [7, 11) is 4.35. The summed E-state index contributed by atoms with van der Waals surface area (Å²) in [4.78, 5) is 2.34. The predicted octanol–water partition coefficient (Wildman–Crippen LogP) is 1.44. The Kier molecular flexibility index (Phi) is 2.86. The molecule has 2 heteroatoms. The minimum Gasteiger partial charge on any atom is -0.306 e. The highest BCUT2D eigenvalue weighted by Gasteiger charge is 2.14. The topological polar surface area (TPSA) is 3.24 Å². The van der Waals surface area contributed by atoms with Gasteiger partial charge in [0, 0.05) is 11.8 Å². The Balaban J connectivity index is 2.23. The Labute approximate surface area is 61.8 Å². The molecule has 9 heavy (non-hydrogen) atoms. The van der Waals surface area contributed by atoms with Crippen LogP contribution in [0, 0.1) is 0 Å². The number of rotatable bonds is 1. The summed E-state index contributed by atoms with van der Waals surface area (Å²) in [5.41, 5.74) is 0. The van der Waals surface area contributed by atoms with Gasteiger partial charge in [0.05, 0.1) is 0 Å². The highest BCUT2D eigenvalue weighted by atomic mass is 32.2. The van der Waals surface area contributed by atoms with E-state index >= 15 is 0 Å². The van der Waals surface area contributed by atoms with Gasteiger partial charge >= 0.3 is 0 Å². The zero-order chi connectivity index (χ0) is 6.69. The zero-order valence-electron chi connectivity index (χ0n) is 6.26. The van der Waals surface area contributed by atoms with Crippen LogP contribution >= 0.6 is 11.8 Å². The van der Waals surface area contributed by atoms with Crippen molar-refractivity contribution in [3.05, 3.63) is 0 Å². The molecule has 0 saturated carbocycles. The van der Waals surface area contributed by atoms with E-state index in [1.54, 1.807) is 0 Å².